The van der Waals surface area contributed by atoms with Crippen molar-refractivity contribution in [3.05, 3.63) is 69.7 Å². The van der Waals surface area contributed by atoms with Crippen LogP contribution in [0.5, 0.6) is 0 Å². The lowest BCUT2D eigenvalue weighted by Gasteiger charge is -2.23. The van der Waals surface area contributed by atoms with E-state index in [0.717, 1.165) is 13.1 Å². The van der Waals surface area contributed by atoms with E-state index in [1.165, 1.54) is 21.2 Å². The summed E-state index contributed by atoms with van der Waals surface area (Å²) in [5, 5.41) is 3.67. The molecule has 0 amide bonds. The van der Waals surface area contributed by atoms with Crippen molar-refractivity contribution in [2.24, 2.45) is 0 Å². The molecule has 2 aromatic rings. The standard InChI is InChI=1S/C18H23BrN2/c1-14-9-10-16(17(19)11-14)12-20-18(13-21(2)3)15-7-5-4-6-8-15/h4-11,18,20H,12-13H2,1-3H3. The van der Waals surface area contributed by atoms with Crippen LogP contribution < -0.4 is 5.32 Å². The molecule has 0 aliphatic heterocycles. The molecule has 1 unspecified atom stereocenters. The van der Waals surface area contributed by atoms with Crippen LogP contribution in [0, 0.1) is 6.92 Å². The molecule has 112 valence electrons. The number of likely N-dealkylation sites (N-methyl/N-ethyl adjacent to an activating group) is 1. The molecule has 0 radical (unpaired) electrons. The summed E-state index contributed by atoms with van der Waals surface area (Å²) < 4.78 is 1.17. The first-order valence-corrected chi connectivity index (χ1v) is 8.03. The van der Waals surface area contributed by atoms with Crippen LogP contribution in [0.25, 0.3) is 0 Å². The summed E-state index contributed by atoms with van der Waals surface area (Å²) in [6.45, 7) is 3.95. The van der Waals surface area contributed by atoms with Gasteiger partial charge in [0.25, 0.3) is 0 Å². The number of rotatable bonds is 6. The third kappa shape index (κ3) is 4.95. The highest BCUT2D eigenvalue weighted by Gasteiger charge is 2.12. The predicted molar refractivity (Wildman–Crippen MR) is 93.5 cm³/mol. The van der Waals surface area contributed by atoms with E-state index in [0.29, 0.717) is 6.04 Å². The van der Waals surface area contributed by atoms with Crippen molar-refractivity contribution >= 4 is 15.9 Å². The van der Waals surface area contributed by atoms with Gasteiger partial charge in [-0.2, -0.15) is 0 Å². The van der Waals surface area contributed by atoms with E-state index in [-0.39, 0.29) is 0 Å². The molecule has 0 saturated carbocycles. The Morgan fingerprint density at radius 2 is 1.81 bits per heavy atom. The minimum absolute atomic E-state index is 0.328. The predicted octanol–water partition coefficient (Wildman–Crippen LogP) is 4.15. The molecule has 1 atom stereocenters. The van der Waals surface area contributed by atoms with Crippen molar-refractivity contribution in [2.45, 2.75) is 19.5 Å². The highest BCUT2D eigenvalue weighted by molar-refractivity contribution is 9.10. The van der Waals surface area contributed by atoms with E-state index in [1.807, 2.05) is 0 Å². The van der Waals surface area contributed by atoms with Crippen molar-refractivity contribution < 1.29 is 0 Å². The van der Waals surface area contributed by atoms with Crippen molar-refractivity contribution in [3.63, 3.8) is 0 Å². The fraction of sp³-hybridized carbons (Fsp3) is 0.333. The zero-order chi connectivity index (χ0) is 15.2. The van der Waals surface area contributed by atoms with Gasteiger partial charge in [-0.25, -0.2) is 0 Å². The zero-order valence-electron chi connectivity index (χ0n) is 12.9. The molecule has 21 heavy (non-hydrogen) atoms. The van der Waals surface area contributed by atoms with E-state index in [4.69, 9.17) is 0 Å². The third-order valence-electron chi connectivity index (χ3n) is 3.50. The van der Waals surface area contributed by atoms with E-state index in [9.17, 15) is 0 Å². The molecule has 0 spiro atoms. The van der Waals surface area contributed by atoms with Gasteiger partial charge in [0.15, 0.2) is 0 Å². The van der Waals surface area contributed by atoms with Gasteiger partial charge in [-0.3, -0.25) is 0 Å². The first-order chi connectivity index (χ1) is 10.1. The van der Waals surface area contributed by atoms with Crippen LogP contribution in [0.3, 0.4) is 0 Å². The average molecular weight is 347 g/mol. The number of hydrogen-bond donors (Lipinski definition) is 1. The Hall–Kier alpha value is -1.16. The Morgan fingerprint density at radius 3 is 2.43 bits per heavy atom. The molecule has 0 saturated heterocycles. The van der Waals surface area contributed by atoms with Gasteiger partial charge >= 0.3 is 0 Å². The van der Waals surface area contributed by atoms with Gasteiger partial charge in [0.1, 0.15) is 0 Å². The monoisotopic (exact) mass is 346 g/mol. The molecule has 0 aliphatic carbocycles. The van der Waals surface area contributed by atoms with Gasteiger partial charge in [-0.05, 0) is 43.8 Å². The minimum Gasteiger partial charge on any atom is -0.308 e. The second kappa shape index (κ2) is 7.74. The highest BCUT2D eigenvalue weighted by atomic mass is 79.9. The number of aryl methyl sites for hydroxylation is 1. The molecule has 2 rings (SSSR count). The summed E-state index contributed by atoms with van der Waals surface area (Å²) in [6.07, 6.45) is 0. The fourth-order valence-electron chi connectivity index (χ4n) is 2.37. The van der Waals surface area contributed by atoms with Crippen molar-refractivity contribution in [3.8, 4) is 0 Å². The maximum absolute atomic E-state index is 3.67. The van der Waals surface area contributed by atoms with Gasteiger partial charge in [0.05, 0.1) is 0 Å². The summed E-state index contributed by atoms with van der Waals surface area (Å²) >= 11 is 3.65. The summed E-state index contributed by atoms with van der Waals surface area (Å²) in [5.74, 6) is 0. The van der Waals surface area contributed by atoms with Gasteiger partial charge in [-0.1, -0.05) is 58.4 Å². The van der Waals surface area contributed by atoms with Crippen LogP contribution in [0.2, 0.25) is 0 Å². The van der Waals surface area contributed by atoms with Gasteiger partial charge in [-0.15, -0.1) is 0 Å². The molecule has 1 N–H and O–H groups in total. The van der Waals surface area contributed by atoms with Gasteiger partial charge in [0.2, 0.25) is 0 Å². The minimum atomic E-state index is 0.328. The van der Waals surface area contributed by atoms with Crippen LogP contribution in [0.4, 0.5) is 0 Å². The number of nitrogens with one attached hydrogen (secondary N) is 1. The SMILES string of the molecule is Cc1ccc(CNC(CN(C)C)c2ccccc2)c(Br)c1. The number of benzene rings is 2. The Balaban J connectivity index is 2.09. The Morgan fingerprint density at radius 1 is 1.10 bits per heavy atom. The first-order valence-electron chi connectivity index (χ1n) is 7.24. The maximum Gasteiger partial charge on any atom is 0.0451 e. The van der Waals surface area contributed by atoms with Crippen LogP contribution in [0.1, 0.15) is 22.7 Å². The van der Waals surface area contributed by atoms with Crippen molar-refractivity contribution in [2.75, 3.05) is 20.6 Å². The molecular formula is C18H23BrN2. The van der Waals surface area contributed by atoms with Crippen LogP contribution in [-0.2, 0) is 6.54 Å². The lowest BCUT2D eigenvalue weighted by molar-refractivity contribution is 0.340. The summed E-state index contributed by atoms with van der Waals surface area (Å²) in [6, 6.07) is 17.5. The van der Waals surface area contributed by atoms with Crippen LogP contribution >= 0.6 is 15.9 Å². The third-order valence-corrected chi connectivity index (χ3v) is 4.24. The molecule has 0 aromatic heterocycles. The van der Waals surface area contributed by atoms with E-state index in [2.05, 4.69) is 95.7 Å². The smallest absolute Gasteiger partial charge is 0.0451 e. The molecule has 0 fully saturated rings. The zero-order valence-corrected chi connectivity index (χ0v) is 14.5. The topological polar surface area (TPSA) is 15.3 Å². The molecule has 0 bridgehead atoms. The summed E-state index contributed by atoms with van der Waals surface area (Å²) in [4.78, 5) is 2.22. The maximum atomic E-state index is 3.67. The lowest BCUT2D eigenvalue weighted by Crippen LogP contribution is -2.31. The number of hydrogen-bond acceptors (Lipinski definition) is 2. The van der Waals surface area contributed by atoms with Gasteiger partial charge in [0, 0.05) is 23.6 Å². The normalized spacial score (nSPS) is 12.6. The highest BCUT2D eigenvalue weighted by Crippen LogP contribution is 2.20. The lowest BCUT2D eigenvalue weighted by atomic mass is 10.1. The van der Waals surface area contributed by atoms with Crippen LogP contribution in [0.15, 0.2) is 53.0 Å². The Kier molecular flexibility index (Phi) is 5.97. The van der Waals surface area contributed by atoms with E-state index < -0.39 is 0 Å². The number of nitrogens with zero attached hydrogens (tertiary/aromatic N) is 1. The average Bonchev–Trinajstić information content (AvgIpc) is 2.45. The van der Waals surface area contributed by atoms with Crippen molar-refractivity contribution in [1.82, 2.24) is 10.2 Å². The Labute approximate surface area is 136 Å². The largest absolute Gasteiger partial charge is 0.308 e. The fourth-order valence-corrected chi connectivity index (χ4v) is 3.00. The molecule has 2 aromatic carbocycles. The van der Waals surface area contributed by atoms with Crippen molar-refractivity contribution in [1.29, 1.82) is 0 Å². The second-order valence-corrected chi connectivity index (χ2v) is 6.56. The van der Waals surface area contributed by atoms with E-state index in [1.54, 1.807) is 0 Å². The molecule has 0 aliphatic rings. The molecule has 2 nitrogen and oxygen atoms in total. The first kappa shape index (κ1) is 16.2. The number of halogens is 1. The summed E-state index contributed by atoms with van der Waals surface area (Å²) in [7, 11) is 4.22. The van der Waals surface area contributed by atoms with E-state index >= 15 is 0 Å². The van der Waals surface area contributed by atoms with Gasteiger partial charge < -0.3 is 10.2 Å². The van der Waals surface area contributed by atoms with Crippen LogP contribution in [-0.4, -0.2) is 25.5 Å². The molecule has 3 heteroatoms. The summed E-state index contributed by atoms with van der Waals surface area (Å²) in [5.41, 5.74) is 3.90. The molecule has 0 heterocycles. The Bertz CT molecular complexity index is 567. The quantitative estimate of drug-likeness (QED) is 0.845. The second-order valence-electron chi connectivity index (χ2n) is 5.70. The molecular weight excluding hydrogens is 324 g/mol.